The molecule has 8 nitrogen and oxygen atoms in total. The Morgan fingerprint density at radius 2 is 0.860 bits per heavy atom. The van der Waals surface area contributed by atoms with E-state index in [0.29, 0.717) is 13.0 Å². The highest BCUT2D eigenvalue weighted by atomic mass is 16.5. The summed E-state index contributed by atoms with van der Waals surface area (Å²) in [6.07, 6.45) is 45.0. The summed E-state index contributed by atoms with van der Waals surface area (Å²) in [4.78, 5) is 32.8. The minimum absolute atomic E-state index is 0.171. The first-order valence-electron chi connectivity index (χ1n) is 24.6. The van der Waals surface area contributed by atoms with Crippen molar-refractivity contribution in [2.24, 2.45) is 5.92 Å². The first kappa shape index (κ1) is 59.5. The summed E-state index contributed by atoms with van der Waals surface area (Å²) in [6, 6.07) is 0. The maximum absolute atomic E-state index is 11.3. The van der Waals surface area contributed by atoms with Crippen LogP contribution in [-0.4, -0.2) is 68.4 Å². The summed E-state index contributed by atoms with van der Waals surface area (Å²) in [6.45, 7) is 16.0. The molecule has 0 aromatic heterocycles. The van der Waals surface area contributed by atoms with Crippen LogP contribution in [-0.2, 0) is 19.1 Å². The monoisotopic (exact) mass is 813 g/mol. The van der Waals surface area contributed by atoms with Gasteiger partial charge in [0, 0.05) is 6.54 Å². The van der Waals surface area contributed by atoms with Crippen LogP contribution in [0.1, 0.15) is 253 Å². The van der Waals surface area contributed by atoms with Crippen molar-refractivity contribution in [2.75, 3.05) is 33.3 Å². The molecule has 1 amide bonds. The third-order valence-corrected chi connectivity index (χ3v) is 11.2. The third kappa shape index (κ3) is 52.2. The molecular weight excluding hydrogens is 713 g/mol. The molecule has 0 radical (unpaired) electrons. The number of ether oxygens (including phenoxy) is 2. The number of unbranched alkanes of at least 4 members (excludes halogenated alkanes) is 22. The lowest BCUT2D eigenvalue weighted by atomic mass is 9.91. The highest BCUT2D eigenvalue weighted by Crippen LogP contribution is 2.23. The molecule has 0 aliphatic carbocycles. The van der Waals surface area contributed by atoms with E-state index < -0.39 is 0 Å². The summed E-state index contributed by atoms with van der Waals surface area (Å²) < 4.78 is 9.89. The summed E-state index contributed by atoms with van der Waals surface area (Å²) in [5, 5.41) is 9.71. The maximum Gasteiger partial charge on any atom is 0.406 e. The summed E-state index contributed by atoms with van der Waals surface area (Å²) in [5.41, 5.74) is 0. The van der Waals surface area contributed by atoms with Crippen molar-refractivity contribution in [3.05, 3.63) is 0 Å². The predicted molar refractivity (Wildman–Crippen MR) is 245 cm³/mol. The molecule has 1 atom stereocenters. The second-order valence-corrected chi connectivity index (χ2v) is 16.5. The second kappa shape index (κ2) is 54.2. The van der Waals surface area contributed by atoms with Crippen molar-refractivity contribution >= 4 is 19.0 Å². The van der Waals surface area contributed by atoms with E-state index in [1.54, 1.807) is 0 Å². The number of hydrogen-bond donors (Lipinski definition) is 2. The summed E-state index contributed by atoms with van der Waals surface area (Å²) in [5.74, 6) is 0.980. The molecule has 2 N–H and O–H groups in total. The van der Waals surface area contributed by atoms with Gasteiger partial charge in [-0.25, -0.2) is 4.79 Å². The molecule has 0 aromatic carbocycles. The zero-order valence-electron chi connectivity index (χ0n) is 39.1. The highest BCUT2D eigenvalue weighted by molar-refractivity contribution is 5.66. The number of nitrogens with one attached hydrogen (secondary N) is 1. The van der Waals surface area contributed by atoms with Crippen molar-refractivity contribution in [1.29, 1.82) is 0 Å². The number of nitrogens with zero attached hydrogens (tertiary/aromatic N) is 1. The van der Waals surface area contributed by atoms with Gasteiger partial charge in [0.15, 0.2) is 0 Å². The first-order valence-corrected chi connectivity index (χ1v) is 24.6. The Morgan fingerprint density at radius 3 is 1.25 bits per heavy atom. The molecule has 0 saturated carbocycles. The van der Waals surface area contributed by atoms with Gasteiger partial charge in [-0.15, -0.1) is 0 Å². The van der Waals surface area contributed by atoms with E-state index in [-0.39, 0.29) is 18.7 Å². The lowest BCUT2D eigenvalue weighted by Gasteiger charge is -2.22. The smallest absolute Gasteiger partial charge is 0.406 e. The summed E-state index contributed by atoms with van der Waals surface area (Å²) >= 11 is 0. The minimum Gasteiger partial charge on any atom is -0.483 e. The SMILES string of the molecule is CCCCCCCCC(CCCCCCCC)OC=O.CCCCCCCCN(CCCCCCCC(CCC)CCCCCC)CCCNC(=O)OC.O=CO. The van der Waals surface area contributed by atoms with Gasteiger partial charge in [0.1, 0.15) is 6.10 Å². The zero-order valence-corrected chi connectivity index (χ0v) is 39.1. The highest BCUT2D eigenvalue weighted by Gasteiger charge is 2.10. The van der Waals surface area contributed by atoms with Gasteiger partial charge in [-0.2, -0.15) is 0 Å². The predicted octanol–water partition coefficient (Wildman–Crippen LogP) is 14.9. The molecule has 0 spiro atoms. The average Bonchev–Trinajstić information content (AvgIpc) is 3.21. The van der Waals surface area contributed by atoms with Crippen LogP contribution in [0.4, 0.5) is 4.79 Å². The molecule has 0 saturated heterocycles. The molecule has 0 aliphatic heterocycles. The molecule has 8 heteroatoms. The van der Waals surface area contributed by atoms with Gasteiger partial charge in [-0.05, 0) is 70.5 Å². The maximum atomic E-state index is 11.3. The molecule has 0 rings (SSSR count). The van der Waals surface area contributed by atoms with E-state index in [0.717, 1.165) is 31.7 Å². The Hall–Kier alpha value is -1.83. The van der Waals surface area contributed by atoms with Gasteiger partial charge >= 0.3 is 6.09 Å². The number of methoxy groups -OCH3 is 1. The average molecular weight is 813 g/mol. The van der Waals surface area contributed by atoms with Gasteiger partial charge in [-0.3, -0.25) is 9.59 Å². The van der Waals surface area contributed by atoms with Crippen molar-refractivity contribution in [2.45, 2.75) is 259 Å². The largest absolute Gasteiger partial charge is 0.483 e. The van der Waals surface area contributed by atoms with Crippen LogP contribution >= 0.6 is 0 Å². The Balaban J connectivity index is -0.00000107. The summed E-state index contributed by atoms with van der Waals surface area (Å²) in [7, 11) is 1.43. The van der Waals surface area contributed by atoms with Crippen LogP contribution < -0.4 is 5.32 Å². The van der Waals surface area contributed by atoms with Gasteiger partial charge < -0.3 is 24.8 Å². The van der Waals surface area contributed by atoms with Crippen molar-refractivity contribution in [3.8, 4) is 0 Å². The molecule has 0 bridgehead atoms. The number of carboxylic acid groups (broad SMARTS) is 1. The lowest BCUT2D eigenvalue weighted by molar-refractivity contribution is -0.134. The lowest BCUT2D eigenvalue weighted by Crippen LogP contribution is -2.31. The molecule has 342 valence electrons. The number of rotatable bonds is 42. The van der Waals surface area contributed by atoms with Crippen LogP contribution in [0.3, 0.4) is 0 Å². The van der Waals surface area contributed by atoms with Gasteiger partial charge in [-0.1, -0.05) is 208 Å². The van der Waals surface area contributed by atoms with Crippen molar-refractivity contribution in [3.63, 3.8) is 0 Å². The number of alkyl carbamates (subject to hydrolysis) is 1. The van der Waals surface area contributed by atoms with Crippen LogP contribution in [0.5, 0.6) is 0 Å². The van der Waals surface area contributed by atoms with Crippen LogP contribution in [0.2, 0.25) is 0 Å². The van der Waals surface area contributed by atoms with Crippen molar-refractivity contribution < 1.29 is 29.0 Å². The molecule has 0 heterocycles. The van der Waals surface area contributed by atoms with Gasteiger partial charge in [0.2, 0.25) is 0 Å². The van der Waals surface area contributed by atoms with E-state index in [9.17, 15) is 9.59 Å². The zero-order chi connectivity index (χ0) is 42.7. The molecule has 57 heavy (non-hydrogen) atoms. The van der Waals surface area contributed by atoms with Gasteiger partial charge in [0.25, 0.3) is 12.9 Å². The Bertz CT molecular complexity index is 754. The van der Waals surface area contributed by atoms with Gasteiger partial charge in [0.05, 0.1) is 7.11 Å². The molecule has 0 aliphatic rings. The minimum atomic E-state index is -0.315. The van der Waals surface area contributed by atoms with E-state index in [2.05, 4.69) is 49.6 Å². The normalized spacial score (nSPS) is 11.4. The fourth-order valence-corrected chi connectivity index (χ4v) is 7.68. The standard InChI is InChI=1S/C30H62N2O2.C18H36O2.CH2O2/c1-5-8-10-12-15-19-26-32(28-21-25-31-30(33)34-4)27-20-16-13-14-18-24-29(22-7-3)23-17-11-9-6-2;1-3-5-7-9-11-13-15-18(20-17-19)16-14-12-10-8-6-4-2;2-1-3/h29H,5-28H2,1-4H3,(H,31,33);17-18H,3-16H2,1-2H3;1H,(H,2,3). The Labute approximate surface area is 355 Å². The quantitative estimate of drug-likeness (QED) is 0.0467. The van der Waals surface area contributed by atoms with E-state index in [1.165, 1.54) is 219 Å². The number of amides is 1. The molecular formula is C49H100N2O6. The Kier molecular flexibility index (Phi) is 56.5. The number of carbonyl (C=O) groups excluding carboxylic acids is 2. The first-order chi connectivity index (χ1) is 27.9. The molecule has 1 unspecified atom stereocenters. The van der Waals surface area contributed by atoms with E-state index in [1.807, 2.05) is 0 Å². The van der Waals surface area contributed by atoms with Crippen LogP contribution in [0, 0.1) is 5.92 Å². The second-order valence-electron chi connectivity index (χ2n) is 16.5. The molecule has 0 aromatic rings. The third-order valence-electron chi connectivity index (χ3n) is 11.2. The fourth-order valence-electron chi connectivity index (χ4n) is 7.68. The fraction of sp³-hybridized carbons (Fsp3) is 0.939. The van der Waals surface area contributed by atoms with Crippen LogP contribution in [0.25, 0.3) is 0 Å². The number of carbonyl (C=O) groups is 3. The Morgan fingerprint density at radius 1 is 0.509 bits per heavy atom. The van der Waals surface area contributed by atoms with E-state index >= 15 is 0 Å². The van der Waals surface area contributed by atoms with Crippen LogP contribution in [0.15, 0.2) is 0 Å². The van der Waals surface area contributed by atoms with E-state index in [4.69, 9.17) is 14.6 Å². The van der Waals surface area contributed by atoms with Crippen molar-refractivity contribution in [1.82, 2.24) is 10.2 Å². The molecule has 0 fully saturated rings. The number of hydrogen-bond acceptors (Lipinski definition) is 6. The topological polar surface area (TPSA) is 105 Å².